The van der Waals surface area contributed by atoms with Crippen molar-refractivity contribution in [1.29, 1.82) is 0 Å². The summed E-state index contributed by atoms with van der Waals surface area (Å²) in [5.74, 6) is 0.192. The molecule has 0 saturated heterocycles. The first-order chi connectivity index (χ1) is 11.7. The van der Waals surface area contributed by atoms with E-state index < -0.39 is 9.84 Å². The van der Waals surface area contributed by atoms with E-state index in [4.69, 9.17) is 0 Å². The molecule has 0 radical (unpaired) electrons. The number of benzene rings is 2. The molecule has 0 aliphatic heterocycles. The second kappa shape index (κ2) is 8.15. The van der Waals surface area contributed by atoms with Gasteiger partial charge in [-0.05, 0) is 44.4 Å². The lowest BCUT2D eigenvalue weighted by molar-refractivity contribution is 0.388. The van der Waals surface area contributed by atoms with E-state index in [-0.39, 0.29) is 17.3 Å². The van der Waals surface area contributed by atoms with Gasteiger partial charge in [0.05, 0.1) is 16.7 Å². The van der Waals surface area contributed by atoms with Gasteiger partial charge in [0.25, 0.3) is 0 Å². The average Bonchev–Trinajstić information content (AvgIpc) is 2.58. The monoisotopic (exact) mass is 359 g/mol. The van der Waals surface area contributed by atoms with Gasteiger partial charge in [-0.15, -0.1) is 0 Å². The van der Waals surface area contributed by atoms with Crippen molar-refractivity contribution in [3.63, 3.8) is 0 Å². The Labute approximate surface area is 152 Å². The Morgan fingerprint density at radius 1 is 0.960 bits per heavy atom. The molecule has 1 unspecified atom stereocenters. The van der Waals surface area contributed by atoms with Gasteiger partial charge in [-0.3, -0.25) is 0 Å². The molecule has 2 aromatic carbocycles. The van der Waals surface area contributed by atoms with Crippen molar-refractivity contribution in [3.05, 3.63) is 65.7 Å². The van der Waals surface area contributed by atoms with E-state index in [2.05, 4.69) is 26.1 Å². The predicted octanol–water partition coefficient (Wildman–Crippen LogP) is 4.74. The third-order valence-electron chi connectivity index (χ3n) is 4.04. The number of hydrogen-bond donors (Lipinski definition) is 1. The zero-order valence-corrected chi connectivity index (χ0v) is 16.4. The van der Waals surface area contributed by atoms with Crippen LogP contribution in [0.25, 0.3) is 0 Å². The van der Waals surface area contributed by atoms with Crippen molar-refractivity contribution >= 4 is 9.84 Å². The van der Waals surface area contributed by atoms with Crippen molar-refractivity contribution < 1.29 is 8.42 Å². The molecule has 0 aliphatic carbocycles. The molecule has 0 saturated carbocycles. The SMILES string of the molecule is CCCCS(=O)(=O)c1ccccc1C(NC(C)(C)C)c1ccccc1. The van der Waals surface area contributed by atoms with Crippen molar-refractivity contribution in [2.45, 2.75) is 57.0 Å². The number of unbranched alkanes of at least 4 members (excludes halogenated alkanes) is 1. The highest BCUT2D eigenvalue weighted by Gasteiger charge is 2.26. The second-order valence-corrected chi connectivity index (χ2v) is 9.53. The summed E-state index contributed by atoms with van der Waals surface area (Å²) in [4.78, 5) is 0.439. The Morgan fingerprint density at radius 2 is 1.56 bits per heavy atom. The van der Waals surface area contributed by atoms with Gasteiger partial charge >= 0.3 is 0 Å². The zero-order valence-electron chi connectivity index (χ0n) is 15.6. The fourth-order valence-electron chi connectivity index (χ4n) is 2.87. The Morgan fingerprint density at radius 3 is 2.16 bits per heavy atom. The maximum absolute atomic E-state index is 12.9. The molecule has 0 amide bonds. The van der Waals surface area contributed by atoms with Gasteiger partial charge in [0, 0.05) is 5.54 Å². The van der Waals surface area contributed by atoms with Crippen molar-refractivity contribution in [1.82, 2.24) is 5.32 Å². The molecule has 136 valence electrons. The normalized spacial score (nSPS) is 13.6. The van der Waals surface area contributed by atoms with Crippen LogP contribution in [0.5, 0.6) is 0 Å². The highest BCUT2D eigenvalue weighted by atomic mass is 32.2. The zero-order chi connectivity index (χ0) is 18.5. The van der Waals surface area contributed by atoms with Gasteiger partial charge in [-0.25, -0.2) is 8.42 Å². The molecule has 1 atom stereocenters. The molecule has 0 spiro atoms. The fraction of sp³-hybridized carbons (Fsp3) is 0.429. The molecular formula is C21H29NO2S. The highest BCUT2D eigenvalue weighted by molar-refractivity contribution is 7.91. The Kier molecular flexibility index (Phi) is 6.42. The van der Waals surface area contributed by atoms with E-state index >= 15 is 0 Å². The summed E-state index contributed by atoms with van der Waals surface area (Å²) in [5, 5.41) is 3.59. The van der Waals surface area contributed by atoms with Gasteiger partial charge in [-0.2, -0.15) is 0 Å². The Balaban J connectivity index is 2.55. The van der Waals surface area contributed by atoms with E-state index in [1.807, 2.05) is 55.5 Å². The van der Waals surface area contributed by atoms with Crippen LogP contribution in [0, 0.1) is 0 Å². The van der Waals surface area contributed by atoms with E-state index in [0.29, 0.717) is 11.3 Å². The van der Waals surface area contributed by atoms with Crippen molar-refractivity contribution in [2.75, 3.05) is 5.75 Å². The topological polar surface area (TPSA) is 46.2 Å². The standard InChI is InChI=1S/C21H29NO2S/c1-5-6-16-25(23,24)19-15-11-10-14-18(19)20(22-21(2,3)4)17-12-8-7-9-13-17/h7-15,20,22H,5-6,16H2,1-4H3. The lowest BCUT2D eigenvalue weighted by Crippen LogP contribution is -2.39. The fourth-order valence-corrected chi connectivity index (χ4v) is 4.59. The third-order valence-corrected chi connectivity index (χ3v) is 5.91. The molecule has 1 N–H and O–H groups in total. The van der Waals surface area contributed by atoms with Crippen LogP contribution in [-0.2, 0) is 9.84 Å². The average molecular weight is 360 g/mol. The first kappa shape index (κ1) is 19.7. The molecule has 0 heterocycles. The van der Waals surface area contributed by atoms with Crippen LogP contribution in [0.4, 0.5) is 0 Å². The minimum atomic E-state index is -3.30. The molecule has 0 aliphatic rings. The summed E-state index contributed by atoms with van der Waals surface area (Å²) >= 11 is 0. The number of nitrogens with one attached hydrogen (secondary N) is 1. The molecule has 4 heteroatoms. The molecule has 3 nitrogen and oxygen atoms in total. The third kappa shape index (κ3) is 5.41. The lowest BCUT2D eigenvalue weighted by atomic mass is 9.95. The van der Waals surface area contributed by atoms with Crippen LogP contribution in [0.2, 0.25) is 0 Å². The van der Waals surface area contributed by atoms with E-state index in [0.717, 1.165) is 17.5 Å². The summed E-state index contributed by atoms with van der Waals surface area (Å²) in [6.45, 7) is 8.29. The van der Waals surface area contributed by atoms with E-state index in [1.165, 1.54) is 0 Å². The van der Waals surface area contributed by atoms with Crippen LogP contribution in [0.15, 0.2) is 59.5 Å². The minimum absolute atomic E-state index is 0.152. The first-order valence-corrected chi connectivity index (χ1v) is 10.5. The van der Waals surface area contributed by atoms with Crippen LogP contribution >= 0.6 is 0 Å². The van der Waals surface area contributed by atoms with Gasteiger partial charge in [0.1, 0.15) is 0 Å². The minimum Gasteiger partial charge on any atom is -0.301 e. The summed E-state index contributed by atoms with van der Waals surface area (Å²) < 4.78 is 25.8. The summed E-state index contributed by atoms with van der Waals surface area (Å²) in [7, 11) is -3.30. The molecule has 0 aromatic heterocycles. The van der Waals surface area contributed by atoms with Crippen LogP contribution in [-0.4, -0.2) is 19.7 Å². The molecule has 2 rings (SSSR count). The first-order valence-electron chi connectivity index (χ1n) is 8.89. The van der Waals surface area contributed by atoms with Crippen LogP contribution in [0.3, 0.4) is 0 Å². The van der Waals surface area contributed by atoms with Crippen LogP contribution in [0.1, 0.15) is 57.7 Å². The number of sulfone groups is 1. The van der Waals surface area contributed by atoms with Gasteiger partial charge < -0.3 is 5.32 Å². The molecule has 0 bridgehead atoms. The second-order valence-electron chi connectivity index (χ2n) is 7.45. The van der Waals surface area contributed by atoms with Gasteiger partial charge in [0.15, 0.2) is 9.84 Å². The van der Waals surface area contributed by atoms with Gasteiger partial charge in [-0.1, -0.05) is 61.9 Å². The van der Waals surface area contributed by atoms with Gasteiger partial charge in [0.2, 0.25) is 0 Å². The molecule has 0 fully saturated rings. The Bertz CT molecular complexity index is 777. The van der Waals surface area contributed by atoms with Crippen molar-refractivity contribution in [2.24, 2.45) is 0 Å². The van der Waals surface area contributed by atoms with E-state index in [1.54, 1.807) is 6.07 Å². The summed E-state index contributed by atoms with van der Waals surface area (Å²) in [5.41, 5.74) is 1.73. The van der Waals surface area contributed by atoms with E-state index in [9.17, 15) is 8.42 Å². The largest absolute Gasteiger partial charge is 0.301 e. The number of rotatable bonds is 7. The van der Waals surface area contributed by atoms with Crippen molar-refractivity contribution in [3.8, 4) is 0 Å². The molecular weight excluding hydrogens is 330 g/mol. The maximum atomic E-state index is 12.9. The lowest BCUT2D eigenvalue weighted by Gasteiger charge is -2.30. The predicted molar refractivity (Wildman–Crippen MR) is 105 cm³/mol. The summed E-state index contributed by atoms with van der Waals surface area (Å²) in [6, 6.07) is 17.2. The Hall–Kier alpha value is -1.65. The number of hydrogen-bond acceptors (Lipinski definition) is 3. The highest BCUT2D eigenvalue weighted by Crippen LogP contribution is 2.30. The quantitative estimate of drug-likeness (QED) is 0.777. The van der Waals surface area contributed by atoms with Crippen LogP contribution < -0.4 is 5.32 Å². The summed E-state index contributed by atoms with van der Waals surface area (Å²) in [6.07, 6.45) is 1.54. The molecule has 2 aromatic rings. The smallest absolute Gasteiger partial charge is 0.178 e. The maximum Gasteiger partial charge on any atom is 0.178 e. The molecule has 25 heavy (non-hydrogen) atoms.